The van der Waals surface area contributed by atoms with E-state index in [4.69, 9.17) is 9.40 Å². The molecule has 258 valence electrons. The van der Waals surface area contributed by atoms with Gasteiger partial charge < -0.3 is 13.9 Å². The summed E-state index contributed by atoms with van der Waals surface area (Å²) in [6, 6.07) is 70.9. The van der Waals surface area contributed by atoms with E-state index in [1.807, 2.05) is 36.4 Å². The van der Waals surface area contributed by atoms with Crippen molar-refractivity contribution in [1.29, 1.82) is 0 Å². The molecule has 2 aromatic heterocycles. The zero-order chi connectivity index (χ0) is 36.3. The van der Waals surface area contributed by atoms with E-state index in [1.54, 1.807) is 0 Å². The number of hydrogen-bond acceptors (Lipinski definition) is 3. The lowest BCUT2D eigenvalue weighted by molar-refractivity contribution is 0.620. The zero-order valence-corrected chi connectivity index (χ0v) is 29.8. The average Bonchev–Trinajstić information content (AvgIpc) is 3.85. The summed E-state index contributed by atoms with van der Waals surface area (Å²) >= 11 is 0. The van der Waals surface area contributed by atoms with Crippen LogP contribution in [0.3, 0.4) is 0 Å². The van der Waals surface area contributed by atoms with Crippen molar-refractivity contribution in [2.45, 2.75) is 0 Å². The predicted molar refractivity (Wildman–Crippen MR) is 229 cm³/mol. The van der Waals surface area contributed by atoms with Crippen LogP contribution in [0.1, 0.15) is 0 Å². The highest BCUT2D eigenvalue weighted by Crippen LogP contribution is 2.49. The van der Waals surface area contributed by atoms with Crippen LogP contribution >= 0.6 is 0 Å². The maximum absolute atomic E-state index is 6.79. The Hall–Kier alpha value is -7.43. The lowest BCUT2D eigenvalue weighted by atomic mass is 9.95. The van der Waals surface area contributed by atoms with Gasteiger partial charge in [0.25, 0.3) is 0 Å². The average molecular weight is 704 g/mol. The summed E-state index contributed by atoms with van der Waals surface area (Å²) in [4.78, 5) is 7.42. The van der Waals surface area contributed by atoms with Gasteiger partial charge in [-0.3, -0.25) is 0 Å². The van der Waals surface area contributed by atoms with Crippen LogP contribution in [0.2, 0.25) is 0 Å². The van der Waals surface area contributed by atoms with Crippen molar-refractivity contribution >= 4 is 71.5 Å². The van der Waals surface area contributed by atoms with Gasteiger partial charge in [0.2, 0.25) is 5.89 Å². The van der Waals surface area contributed by atoms with Crippen molar-refractivity contribution < 1.29 is 4.42 Å². The van der Waals surface area contributed by atoms with Crippen molar-refractivity contribution in [3.05, 3.63) is 200 Å². The number of para-hydroxylation sites is 3. The maximum atomic E-state index is 6.79. The summed E-state index contributed by atoms with van der Waals surface area (Å²) in [5.41, 5.74) is 11.3. The molecule has 0 aliphatic rings. The number of rotatable bonds is 6. The number of fused-ring (bicyclic) bond motifs is 7. The minimum atomic E-state index is 0.596. The Morgan fingerprint density at radius 3 is 1.87 bits per heavy atom. The lowest BCUT2D eigenvalue weighted by Crippen LogP contribution is -2.11. The molecular formula is C51H33N3O. The first-order chi connectivity index (χ1) is 27.3. The van der Waals surface area contributed by atoms with Crippen LogP contribution in [0.25, 0.3) is 82.7 Å². The van der Waals surface area contributed by atoms with Crippen molar-refractivity contribution in [3.63, 3.8) is 0 Å². The minimum absolute atomic E-state index is 0.596. The van der Waals surface area contributed by atoms with E-state index < -0.39 is 0 Å². The number of oxazole rings is 1. The second kappa shape index (κ2) is 12.6. The molecule has 0 spiro atoms. The Kier molecular flexibility index (Phi) is 7.14. The van der Waals surface area contributed by atoms with Crippen molar-refractivity contribution in [2.75, 3.05) is 4.90 Å². The highest BCUT2D eigenvalue weighted by molar-refractivity contribution is 6.26. The van der Waals surface area contributed by atoms with Crippen molar-refractivity contribution in [3.8, 4) is 28.3 Å². The molecule has 11 aromatic rings. The Bertz CT molecular complexity index is 3200. The summed E-state index contributed by atoms with van der Waals surface area (Å²) < 4.78 is 9.18. The monoisotopic (exact) mass is 703 g/mol. The van der Waals surface area contributed by atoms with Crippen LogP contribution in [0, 0.1) is 0 Å². The van der Waals surface area contributed by atoms with Gasteiger partial charge in [0, 0.05) is 32.8 Å². The molecule has 0 N–H and O–H groups in total. The van der Waals surface area contributed by atoms with Crippen LogP contribution in [0.15, 0.2) is 205 Å². The van der Waals surface area contributed by atoms with Gasteiger partial charge in [-0.05, 0) is 82.6 Å². The first-order valence-electron chi connectivity index (χ1n) is 18.6. The highest BCUT2D eigenvalue weighted by atomic mass is 16.3. The Labute approximate surface area is 317 Å². The quantitative estimate of drug-likeness (QED) is 0.173. The van der Waals surface area contributed by atoms with E-state index in [-0.39, 0.29) is 0 Å². The summed E-state index contributed by atoms with van der Waals surface area (Å²) in [5, 5.41) is 7.05. The molecule has 4 nitrogen and oxygen atoms in total. The molecule has 4 heteroatoms. The van der Waals surface area contributed by atoms with E-state index >= 15 is 0 Å². The fraction of sp³-hybridized carbons (Fsp3) is 0. The largest absolute Gasteiger partial charge is 0.434 e. The molecular weight excluding hydrogens is 671 g/mol. The van der Waals surface area contributed by atoms with Crippen molar-refractivity contribution in [2.24, 2.45) is 0 Å². The van der Waals surface area contributed by atoms with Gasteiger partial charge in [0.1, 0.15) is 5.52 Å². The van der Waals surface area contributed by atoms with Gasteiger partial charge >= 0.3 is 0 Å². The summed E-state index contributed by atoms with van der Waals surface area (Å²) in [6.07, 6.45) is 0. The number of hydrogen-bond donors (Lipinski definition) is 0. The Morgan fingerprint density at radius 1 is 0.418 bits per heavy atom. The van der Waals surface area contributed by atoms with Crippen molar-refractivity contribution in [1.82, 2.24) is 9.55 Å². The molecule has 0 saturated carbocycles. The zero-order valence-electron chi connectivity index (χ0n) is 29.8. The van der Waals surface area contributed by atoms with Gasteiger partial charge in [-0.2, -0.15) is 0 Å². The minimum Gasteiger partial charge on any atom is -0.434 e. The highest BCUT2D eigenvalue weighted by Gasteiger charge is 2.25. The van der Waals surface area contributed by atoms with E-state index in [0.717, 1.165) is 55.7 Å². The van der Waals surface area contributed by atoms with Crippen LogP contribution in [-0.4, -0.2) is 9.55 Å². The van der Waals surface area contributed by atoms with Crippen LogP contribution in [0.5, 0.6) is 0 Å². The number of aromatic nitrogens is 2. The maximum Gasteiger partial charge on any atom is 0.227 e. The van der Waals surface area contributed by atoms with Crippen LogP contribution in [0.4, 0.5) is 17.1 Å². The standard InChI is InChI=1S/C51H33N3O/c1-4-16-34(17-5-1)38-31-33-44(40-24-11-10-23-39(38)40)54(47-29-15-26-42-50(47)55-51(52-42)36-18-6-2-7-19-36)45-28-14-20-35-30-32-46-49(48(35)45)41-25-12-13-27-43(41)53(46)37-21-8-3-9-22-37/h1-33H. The Morgan fingerprint density at radius 2 is 1.07 bits per heavy atom. The molecule has 2 heterocycles. The molecule has 11 rings (SSSR count). The van der Waals surface area contributed by atoms with Gasteiger partial charge in [0.15, 0.2) is 5.58 Å². The summed E-state index contributed by atoms with van der Waals surface area (Å²) in [7, 11) is 0. The molecule has 9 aromatic carbocycles. The van der Waals surface area contributed by atoms with E-state index in [0.29, 0.717) is 5.89 Å². The van der Waals surface area contributed by atoms with Gasteiger partial charge in [0.05, 0.1) is 28.1 Å². The fourth-order valence-electron chi connectivity index (χ4n) is 8.41. The molecule has 0 saturated heterocycles. The summed E-state index contributed by atoms with van der Waals surface area (Å²) in [6.45, 7) is 0. The third-order valence-electron chi connectivity index (χ3n) is 10.8. The molecule has 55 heavy (non-hydrogen) atoms. The van der Waals surface area contributed by atoms with Gasteiger partial charge in [-0.25, -0.2) is 4.98 Å². The van der Waals surface area contributed by atoms with Gasteiger partial charge in [-0.15, -0.1) is 0 Å². The van der Waals surface area contributed by atoms with Crippen LogP contribution in [-0.2, 0) is 0 Å². The lowest BCUT2D eigenvalue weighted by Gasteiger charge is -2.29. The number of nitrogens with zero attached hydrogens (tertiary/aromatic N) is 3. The Balaban J connectivity index is 1.27. The molecule has 0 aliphatic carbocycles. The number of anilines is 3. The van der Waals surface area contributed by atoms with E-state index in [1.165, 1.54) is 38.2 Å². The molecule has 0 fully saturated rings. The molecule has 0 bridgehead atoms. The third kappa shape index (κ3) is 4.96. The first-order valence-corrected chi connectivity index (χ1v) is 18.6. The smallest absolute Gasteiger partial charge is 0.227 e. The normalized spacial score (nSPS) is 11.6. The molecule has 0 atom stereocenters. The predicted octanol–water partition coefficient (Wildman–Crippen LogP) is 14.0. The van der Waals surface area contributed by atoms with Gasteiger partial charge in [-0.1, -0.05) is 140 Å². The number of benzene rings is 9. The topological polar surface area (TPSA) is 34.2 Å². The fourth-order valence-corrected chi connectivity index (χ4v) is 8.41. The van der Waals surface area contributed by atoms with Crippen LogP contribution < -0.4 is 4.90 Å². The first kappa shape index (κ1) is 31.1. The summed E-state index contributed by atoms with van der Waals surface area (Å²) in [5.74, 6) is 0.596. The molecule has 0 aliphatic heterocycles. The third-order valence-corrected chi connectivity index (χ3v) is 10.8. The second-order valence-electron chi connectivity index (χ2n) is 13.9. The molecule has 0 amide bonds. The molecule has 0 radical (unpaired) electrons. The SMILES string of the molecule is c1ccc(-c2nc3cccc(N(c4ccc(-c5ccccc5)c5ccccc45)c4cccc5ccc6c(c7ccccc7n6-c6ccccc6)c45)c3o2)cc1. The molecule has 0 unspecified atom stereocenters. The second-order valence-corrected chi connectivity index (χ2v) is 13.9. The van der Waals surface area contributed by atoms with E-state index in [9.17, 15) is 0 Å². The van der Waals surface area contributed by atoms with E-state index in [2.05, 4.69) is 173 Å².